The Morgan fingerprint density at radius 1 is 0.974 bits per heavy atom. The fourth-order valence-electron chi connectivity index (χ4n) is 4.60. The van der Waals surface area contributed by atoms with Crippen molar-refractivity contribution in [3.05, 3.63) is 101 Å². The smallest absolute Gasteiger partial charge is 0.275 e. The number of aromatic nitrogens is 2. The normalized spacial score (nSPS) is 21.1. The molecule has 3 aromatic carbocycles. The van der Waals surface area contributed by atoms with Crippen molar-refractivity contribution in [2.75, 3.05) is 23.4 Å². The molecule has 4 aromatic rings. The summed E-state index contributed by atoms with van der Waals surface area (Å²) < 4.78 is 12.9. The number of aliphatic hydroxyl groups excluding tert-OH is 2. The van der Waals surface area contributed by atoms with Gasteiger partial charge in [-0.2, -0.15) is 11.8 Å². The van der Waals surface area contributed by atoms with Gasteiger partial charge in [-0.15, -0.1) is 0 Å². The van der Waals surface area contributed by atoms with Crippen LogP contribution in [0.2, 0.25) is 0 Å². The molecule has 1 amide bonds. The summed E-state index contributed by atoms with van der Waals surface area (Å²) >= 11 is 1.64. The lowest BCUT2D eigenvalue weighted by atomic mass is 9.91. The summed E-state index contributed by atoms with van der Waals surface area (Å²) in [4.78, 5) is 21.7. The molecule has 0 bridgehead atoms. The van der Waals surface area contributed by atoms with Crippen molar-refractivity contribution < 1.29 is 24.5 Å². The van der Waals surface area contributed by atoms with Gasteiger partial charge in [0, 0.05) is 28.7 Å². The van der Waals surface area contributed by atoms with Crippen molar-refractivity contribution >= 4 is 34.4 Å². The Morgan fingerprint density at radius 2 is 1.77 bits per heavy atom. The third-order valence-corrected chi connectivity index (χ3v) is 7.77. The number of aliphatic hydroxyl groups is 2. The minimum atomic E-state index is -0.652. The van der Waals surface area contributed by atoms with Crippen molar-refractivity contribution in [3.8, 4) is 0 Å². The van der Waals surface area contributed by atoms with Crippen LogP contribution < -0.4 is 5.32 Å². The van der Waals surface area contributed by atoms with Gasteiger partial charge in [-0.05, 0) is 35.4 Å². The number of fused-ring (bicyclic) bond motifs is 1. The number of hydrogen-bond acceptors (Lipinski definition) is 8. The molecule has 0 spiro atoms. The molecular weight excluding hydrogens is 514 g/mol. The standard InChI is InChI=1S/C30H31N3O5S/c1-19-27(18-39-14-13-34)37-30(38-28(19)21-11-9-20(17-35)10-12-21)22-5-4-6-23(15-22)32-29(36)26-16-31-24-7-2-3-8-25(24)33-26/h2-12,15-16,19,27-28,30,34-35H,13-14,17-18H2,1H3,(H,32,36). The zero-order chi connectivity index (χ0) is 27.2. The number of anilines is 1. The van der Waals surface area contributed by atoms with Crippen LogP contribution in [-0.4, -0.2) is 50.3 Å². The van der Waals surface area contributed by atoms with E-state index in [4.69, 9.17) is 9.47 Å². The molecule has 0 saturated carbocycles. The van der Waals surface area contributed by atoms with E-state index in [1.165, 1.54) is 6.20 Å². The number of para-hydroxylation sites is 2. The highest BCUT2D eigenvalue weighted by molar-refractivity contribution is 7.99. The van der Waals surface area contributed by atoms with Crippen LogP contribution in [0.1, 0.15) is 46.5 Å². The lowest BCUT2D eigenvalue weighted by Crippen LogP contribution is -2.38. The van der Waals surface area contributed by atoms with Gasteiger partial charge in [-0.1, -0.05) is 55.5 Å². The Balaban J connectivity index is 1.36. The molecule has 8 nitrogen and oxygen atoms in total. The van der Waals surface area contributed by atoms with Crippen LogP contribution >= 0.6 is 11.8 Å². The van der Waals surface area contributed by atoms with Gasteiger partial charge in [0.25, 0.3) is 5.91 Å². The summed E-state index contributed by atoms with van der Waals surface area (Å²) in [5.74, 6) is 1.04. The average molecular weight is 546 g/mol. The molecule has 1 aliphatic heterocycles. The fourth-order valence-corrected chi connectivity index (χ4v) is 5.51. The second-order valence-corrected chi connectivity index (χ2v) is 10.6. The molecule has 0 aliphatic carbocycles. The van der Waals surface area contributed by atoms with E-state index >= 15 is 0 Å². The molecule has 39 heavy (non-hydrogen) atoms. The third kappa shape index (κ3) is 6.46. The van der Waals surface area contributed by atoms with Gasteiger partial charge in [0.15, 0.2) is 6.29 Å². The average Bonchev–Trinajstić information content (AvgIpc) is 2.98. The van der Waals surface area contributed by atoms with Crippen LogP contribution in [0.25, 0.3) is 11.0 Å². The number of nitrogens with one attached hydrogen (secondary N) is 1. The topological polar surface area (TPSA) is 114 Å². The molecule has 1 aliphatic rings. The van der Waals surface area contributed by atoms with Crippen molar-refractivity contribution in [2.45, 2.75) is 32.0 Å². The maximum absolute atomic E-state index is 13.0. The van der Waals surface area contributed by atoms with Crippen LogP contribution in [0.3, 0.4) is 0 Å². The summed E-state index contributed by atoms with van der Waals surface area (Å²) in [6, 6.07) is 22.6. The van der Waals surface area contributed by atoms with E-state index < -0.39 is 6.29 Å². The third-order valence-electron chi connectivity index (χ3n) is 6.74. The van der Waals surface area contributed by atoms with Gasteiger partial charge in [-0.3, -0.25) is 9.78 Å². The van der Waals surface area contributed by atoms with Crippen molar-refractivity contribution in [1.82, 2.24) is 9.97 Å². The minimum absolute atomic E-state index is 0.0170. The summed E-state index contributed by atoms with van der Waals surface area (Å²) in [5.41, 5.74) is 4.82. The second kappa shape index (κ2) is 12.7. The number of carbonyl (C=O) groups is 1. The predicted molar refractivity (Wildman–Crippen MR) is 151 cm³/mol. The van der Waals surface area contributed by atoms with Gasteiger partial charge < -0.3 is 25.0 Å². The minimum Gasteiger partial charge on any atom is -0.396 e. The van der Waals surface area contributed by atoms with Crippen LogP contribution in [0.15, 0.2) is 79.0 Å². The molecule has 202 valence electrons. The molecule has 4 unspecified atom stereocenters. The van der Waals surface area contributed by atoms with E-state index in [1.54, 1.807) is 17.8 Å². The molecule has 4 atom stereocenters. The number of carbonyl (C=O) groups excluding carboxylic acids is 1. The van der Waals surface area contributed by atoms with Gasteiger partial charge in [-0.25, -0.2) is 4.98 Å². The van der Waals surface area contributed by atoms with Crippen molar-refractivity contribution in [3.63, 3.8) is 0 Å². The number of ether oxygens (including phenoxy) is 2. The second-order valence-electron chi connectivity index (χ2n) is 9.44. The van der Waals surface area contributed by atoms with Crippen LogP contribution in [0.4, 0.5) is 5.69 Å². The monoisotopic (exact) mass is 545 g/mol. The highest BCUT2D eigenvalue weighted by Crippen LogP contribution is 2.42. The zero-order valence-electron chi connectivity index (χ0n) is 21.6. The van der Waals surface area contributed by atoms with Gasteiger partial charge in [0.2, 0.25) is 0 Å². The number of benzene rings is 3. The molecule has 0 radical (unpaired) electrons. The number of thioether (sulfide) groups is 1. The first-order chi connectivity index (χ1) is 19.1. The van der Waals surface area contributed by atoms with Crippen LogP contribution in [0, 0.1) is 5.92 Å². The molecule has 1 aromatic heterocycles. The lowest BCUT2D eigenvalue weighted by molar-refractivity contribution is -0.268. The SMILES string of the molecule is CC1C(CSCCO)OC(c2cccc(NC(=O)c3cnc4ccccc4n3)c2)OC1c1ccc(CO)cc1. The zero-order valence-corrected chi connectivity index (χ0v) is 22.4. The van der Waals surface area contributed by atoms with E-state index in [0.29, 0.717) is 22.7 Å². The first-order valence-corrected chi connectivity index (χ1v) is 14.0. The molecular formula is C30H31N3O5S. The van der Waals surface area contributed by atoms with E-state index in [9.17, 15) is 15.0 Å². The number of nitrogens with zero attached hydrogens (tertiary/aromatic N) is 2. The maximum atomic E-state index is 13.0. The predicted octanol–water partition coefficient (Wildman–Crippen LogP) is 4.89. The van der Waals surface area contributed by atoms with E-state index in [0.717, 1.165) is 22.2 Å². The van der Waals surface area contributed by atoms with Crippen LogP contribution in [0.5, 0.6) is 0 Å². The van der Waals surface area contributed by atoms with Crippen molar-refractivity contribution in [1.29, 1.82) is 0 Å². The fraction of sp³-hybridized carbons (Fsp3) is 0.300. The van der Waals surface area contributed by atoms with Gasteiger partial charge in [0.1, 0.15) is 5.69 Å². The first-order valence-electron chi connectivity index (χ1n) is 12.9. The summed E-state index contributed by atoms with van der Waals surface area (Å²) in [7, 11) is 0. The Hall–Kier alpha value is -3.34. The van der Waals surface area contributed by atoms with Crippen molar-refractivity contribution in [2.24, 2.45) is 5.92 Å². The summed E-state index contributed by atoms with van der Waals surface area (Å²) in [6.07, 6.45) is 0.467. The Labute approximate surface area is 231 Å². The molecule has 5 rings (SSSR count). The van der Waals surface area contributed by atoms with Gasteiger partial charge >= 0.3 is 0 Å². The van der Waals surface area contributed by atoms with E-state index in [-0.39, 0.29) is 42.9 Å². The molecule has 1 fully saturated rings. The van der Waals surface area contributed by atoms with E-state index in [1.807, 2.05) is 66.7 Å². The Kier molecular flexibility index (Phi) is 8.85. The highest BCUT2D eigenvalue weighted by atomic mass is 32.2. The Morgan fingerprint density at radius 3 is 2.54 bits per heavy atom. The number of rotatable bonds is 9. The van der Waals surface area contributed by atoms with E-state index in [2.05, 4.69) is 22.2 Å². The van der Waals surface area contributed by atoms with Gasteiger partial charge in [0.05, 0.1) is 42.7 Å². The van der Waals surface area contributed by atoms with Crippen LogP contribution in [-0.2, 0) is 16.1 Å². The lowest BCUT2D eigenvalue weighted by Gasteiger charge is -2.41. The first kappa shape index (κ1) is 27.2. The number of hydrogen-bond donors (Lipinski definition) is 3. The maximum Gasteiger partial charge on any atom is 0.275 e. The molecule has 3 N–H and O–H groups in total. The number of amides is 1. The molecule has 2 heterocycles. The summed E-state index contributed by atoms with van der Waals surface area (Å²) in [6.45, 7) is 2.20. The Bertz CT molecular complexity index is 1420. The quantitative estimate of drug-likeness (QED) is 0.255. The molecule has 9 heteroatoms. The highest BCUT2D eigenvalue weighted by Gasteiger charge is 2.38. The summed E-state index contributed by atoms with van der Waals surface area (Å²) in [5, 5.41) is 21.6. The molecule has 1 saturated heterocycles. The largest absolute Gasteiger partial charge is 0.396 e.